The van der Waals surface area contributed by atoms with E-state index < -0.39 is 0 Å². The van der Waals surface area contributed by atoms with Gasteiger partial charge in [0.05, 0.1) is 21.7 Å². The number of benzene rings is 1. The minimum atomic E-state index is 0.446. The molecule has 0 aliphatic heterocycles. The minimum absolute atomic E-state index is 0.446. The number of rotatable bonds is 2. The Morgan fingerprint density at radius 3 is 2.61 bits per heavy atom. The van der Waals surface area contributed by atoms with Crippen molar-refractivity contribution < 1.29 is 0 Å². The number of hydrogen-bond acceptors (Lipinski definition) is 1. The number of nitrogens with zero attached hydrogens (tertiary/aromatic N) is 2. The van der Waals surface area contributed by atoms with Crippen molar-refractivity contribution in [2.45, 2.75) is 0 Å². The van der Waals surface area contributed by atoms with E-state index in [9.17, 15) is 5.26 Å². The number of nitriles is 1. The molecule has 0 spiro atoms. The molecule has 0 saturated heterocycles. The highest BCUT2D eigenvalue weighted by Crippen LogP contribution is 2.26. The molecular formula is C14H10Cl2N2. The molecule has 0 saturated carbocycles. The first-order valence-electron chi connectivity index (χ1n) is 5.30. The molecule has 2 rings (SSSR count). The molecular weight excluding hydrogens is 267 g/mol. The Labute approximate surface area is 116 Å². The van der Waals surface area contributed by atoms with Gasteiger partial charge in [0, 0.05) is 18.9 Å². The van der Waals surface area contributed by atoms with Crippen molar-refractivity contribution >= 4 is 34.9 Å². The Hall–Kier alpha value is -1.69. The van der Waals surface area contributed by atoms with E-state index >= 15 is 0 Å². The van der Waals surface area contributed by atoms with E-state index in [0.29, 0.717) is 15.6 Å². The predicted octanol–water partition coefficient (Wildman–Crippen LogP) is 4.40. The van der Waals surface area contributed by atoms with Gasteiger partial charge in [0.2, 0.25) is 0 Å². The zero-order valence-corrected chi connectivity index (χ0v) is 11.2. The molecule has 0 atom stereocenters. The van der Waals surface area contributed by atoms with Gasteiger partial charge in [-0.3, -0.25) is 0 Å². The van der Waals surface area contributed by atoms with Crippen molar-refractivity contribution in [3.8, 4) is 6.07 Å². The van der Waals surface area contributed by atoms with E-state index in [1.165, 1.54) is 0 Å². The quantitative estimate of drug-likeness (QED) is 0.748. The molecule has 1 aromatic heterocycles. The summed E-state index contributed by atoms with van der Waals surface area (Å²) in [5.74, 6) is 0. The van der Waals surface area contributed by atoms with Gasteiger partial charge >= 0.3 is 0 Å². The molecule has 2 aromatic rings. The van der Waals surface area contributed by atoms with Gasteiger partial charge in [-0.05, 0) is 35.9 Å². The van der Waals surface area contributed by atoms with Crippen molar-refractivity contribution in [2.24, 2.45) is 7.05 Å². The van der Waals surface area contributed by atoms with Crippen LogP contribution in [0.25, 0.3) is 11.6 Å². The second-order valence-electron chi connectivity index (χ2n) is 3.84. The maximum atomic E-state index is 9.23. The van der Waals surface area contributed by atoms with E-state index in [1.807, 2.05) is 36.0 Å². The standard InChI is InChI=1S/C14H10Cl2N2/c1-18-6-2-3-12(18)7-11(9-17)10-4-5-13(15)14(16)8-10/h2-8H,1H3. The van der Waals surface area contributed by atoms with Crippen LogP contribution >= 0.6 is 23.2 Å². The Morgan fingerprint density at radius 1 is 1.28 bits per heavy atom. The van der Waals surface area contributed by atoms with Crippen molar-refractivity contribution in [3.63, 3.8) is 0 Å². The number of aryl methyl sites for hydroxylation is 1. The van der Waals surface area contributed by atoms with E-state index in [0.717, 1.165) is 11.3 Å². The number of halogens is 2. The van der Waals surface area contributed by atoms with E-state index in [1.54, 1.807) is 18.2 Å². The average Bonchev–Trinajstić information content (AvgIpc) is 2.75. The molecule has 1 aromatic carbocycles. The van der Waals surface area contributed by atoms with Crippen LogP contribution in [-0.4, -0.2) is 4.57 Å². The van der Waals surface area contributed by atoms with Crippen molar-refractivity contribution in [1.29, 1.82) is 5.26 Å². The van der Waals surface area contributed by atoms with Crippen LogP contribution < -0.4 is 0 Å². The molecule has 1 heterocycles. The van der Waals surface area contributed by atoms with Gasteiger partial charge in [0.25, 0.3) is 0 Å². The summed E-state index contributed by atoms with van der Waals surface area (Å²) >= 11 is 11.8. The van der Waals surface area contributed by atoms with E-state index in [2.05, 4.69) is 6.07 Å². The summed E-state index contributed by atoms with van der Waals surface area (Å²) in [6.07, 6.45) is 3.75. The summed E-state index contributed by atoms with van der Waals surface area (Å²) in [4.78, 5) is 0. The molecule has 0 N–H and O–H groups in total. The highest BCUT2D eigenvalue weighted by atomic mass is 35.5. The van der Waals surface area contributed by atoms with Gasteiger partial charge in [-0.15, -0.1) is 0 Å². The molecule has 4 heteroatoms. The minimum Gasteiger partial charge on any atom is -0.351 e. The van der Waals surface area contributed by atoms with Crippen LogP contribution in [0.3, 0.4) is 0 Å². The monoisotopic (exact) mass is 276 g/mol. The maximum absolute atomic E-state index is 9.23. The number of hydrogen-bond donors (Lipinski definition) is 0. The predicted molar refractivity (Wildman–Crippen MR) is 75.4 cm³/mol. The number of aromatic nitrogens is 1. The summed E-state index contributed by atoms with van der Waals surface area (Å²) in [7, 11) is 1.93. The third-order valence-electron chi connectivity index (χ3n) is 2.63. The first-order chi connectivity index (χ1) is 8.61. The lowest BCUT2D eigenvalue weighted by molar-refractivity contribution is 0.915. The summed E-state index contributed by atoms with van der Waals surface area (Å²) in [5, 5.41) is 10.2. The van der Waals surface area contributed by atoms with Crippen LogP contribution in [0.5, 0.6) is 0 Å². The molecule has 0 fully saturated rings. The lowest BCUT2D eigenvalue weighted by Crippen LogP contribution is -1.89. The summed E-state index contributed by atoms with van der Waals surface area (Å²) < 4.78 is 1.94. The van der Waals surface area contributed by atoms with Gasteiger partial charge < -0.3 is 4.57 Å². The molecule has 0 aliphatic carbocycles. The molecule has 0 aliphatic rings. The Morgan fingerprint density at radius 2 is 2.06 bits per heavy atom. The first kappa shape index (κ1) is 12.8. The largest absolute Gasteiger partial charge is 0.351 e. The fourth-order valence-electron chi connectivity index (χ4n) is 1.62. The molecule has 0 radical (unpaired) electrons. The smallest absolute Gasteiger partial charge is 0.0998 e. The second kappa shape index (κ2) is 5.30. The van der Waals surface area contributed by atoms with Crippen molar-refractivity contribution in [2.75, 3.05) is 0 Å². The zero-order chi connectivity index (χ0) is 13.1. The highest BCUT2D eigenvalue weighted by Gasteiger charge is 2.05. The van der Waals surface area contributed by atoms with Crippen LogP contribution in [0.4, 0.5) is 0 Å². The highest BCUT2D eigenvalue weighted by molar-refractivity contribution is 6.42. The maximum Gasteiger partial charge on any atom is 0.0998 e. The summed E-state index contributed by atoms with van der Waals surface area (Å²) in [6.45, 7) is 0. The molecule has 90 valence electrons. The van der Waals surface area contributed by atoms with E-state index in [-0.39, 0.29) is 0 Å². The van der Waals surface area contributed by atoms with Gasteiger partial charge in [-0.2, -0.15) is 5.26 Å². The topological polar surface area (TPSA) is 28.7 Å². The van der Waals surface area contributed by atoms with Gasteiger partial charge in [0.1, 0.15) is 0 Å². The molecule has 2 nitrogen and oxygen atoms in total. The van der Waals surface area contributed by atoms with Gasteiger partial charge in [-0.25, -0.2) is 0 Å². The molecule has 0 amide bonds. The van der Waals surface area contributed by atoms with Crippen LogP contribution in [0.2, 0.25) is 10.0 Å². The van der Waals surface area contributed by atoms with Crippen LogP contribution in [0, 0.1) is 11.3 Å². The molecule has 18 heavy (non-hydrogen) atoms. The fraction of sp³-hybridized carbons (Fsp3) is 0.0714. The third kappa shape index (κ3) is 2.59. The number of allylic oxidation sites excluding steroid dienone is 1. The Bertz CT molecular complexity index is 648. The molecule has 0 bridgehead atoms. The Balaban J connectivity index is 2.46. The lowest BCUT2D eigenvalue weighted by Gasteiger charge is -2.03. The van der Waals surface area contributed by atoms with Crippen LogP contribution in [0.1, 0.15) is 11.3 Å². The van der Waals surface area contributed by atoms with E-state index in [4.69, 9.17) is 23.2 Å². The SMILES string of the molecule is Cn1cccc1C=C(C#N)c1ccc(Cl)c(Cl)c1. The Kier molecular flexibility index (Phi) is 3.76. The third-order valence-corrected chi connectivity index (χ3v) is 3.37. The first-order valence-corrected chi connectivity index (χ1v) is 6.06. The van der Waals surface area contributed by atoms with Crippen LogP contribution in [-0.2, 0) is 7.05 Å². The molecule has 0 unspecified atom stereocenters. The lowest BCUT2D eigenvalue weighted by atomic mass is 10.1. The van der Waals surface area contributed by atoms with Gasteiger partial charge in [-0.1, -0.05) is 29.3 Å². The van der Waals surface area contributed by atoms with Gasteiger partial charge in [0.15, 0.2) is 0 Å². The summed E-state index contributed by atoms with van der Waals surface area (Å²) in [6, 6.07) is 11.2. The fourth-order valence-corrected chi connectivity index (χ4v) is 1.91. The zero-order valence-electron chi connectivity index (χ0n) is 9.69. The van der Waals surface area contributed by atoms with Crippen LogP contribution in [0.15, 0.2) is 36.5 Å². The average molecular weight is 277 g/mol. The normalized spacial score (nSPS) is 11.3. The second-order valence-corrected chi connectivity index (χ2v) is 4.66. The van der Waals surface area contributed by atoms with Crippen molar-refractivity contribution in [1.82, 2.24) is 4.57 Å². The summed E-state index contributed by atoms with van der Waals surface area (Å²) in [5.41, 5.74) is 2.26. The van der Waals surface area contributed by atoms with Crippen molar-refractivity contribution in [3.05, 3.63) is 57.8 Å².